The van der Waals surface area contributed by atoms with Gasteiger partial charge in [0.05, 0.1) is 51.1 Å². The zero-order valence-corrected chi connectivity index (χ0v) is 58.7. The van der Waals surface area contributed by atoms with Crippen LogP contribution >= 0.6 is 47.8 Å². The van der Waals surface area contributed by atoms with E-state index in [-0.39, 0.29) is 32.5 Å². The van der Waals surface area contributed by atoms with Gasteiger partial charge in [0, 0.05) is 14.9 Å². The molecule has 1 aromatic carbocycles. The van der Waals surface area contributed by atoms with Gasteiger partial charge in [0.15, 0.2) is 49.8 Å². The van der Waals surface area contributed by atoms with Crippen LogP contribution in [0, 0.1) is 63.7 Å². The van der Waals surface area contributed by atoms with Crippen molar-refractivity contribution in [2.45, 2.75) is 225 Å². The number of benzene rings is 1. The average molecular weight is 1690 g/mol. The van der Waals surface area contributed by atoms with Crippen molar-refractivity contribution in [2.24, 2.45) is 0 Å². The third-order valence-electron chi connectivity index (χ3n) is 18.0. The Labute approximate surface area is 614 Å². The SMILES string of the molecule is O=C(c1ccc(Br)cc1)C(Br)C(Br)[C]1[CH][CH][CH][CH]1.OC[C@H]1O[C@@H]2O[C@H]3[C@H](O)[C@@H](O)[C@@H](O[C@H]4[C@H](O)[C@@H](O)[C@@H](O[C@H]5[C@H](O)[C@@H](O)[C@@H](O[C@H]6[C@H](O)[C@@H](O)[C@@H](O[C@H]7[C@@H](O)[C@H](O)[C@@H](O[C@H]8[C@@H](O)[C@H](O)[C@@H](O[C@H]1[C@H](O)[C@H]2O)O[C@@H]8CO)O[C@@H]7CO)O[C@@H]6CO)O[C@@H]5CO)O[C@@H]4CO)O[C@@H]3CO.[CH]1[CH][CH][CH][CH]1.[Fe+2]. The van der Waals surface area contributed by atoms with Gasteiger partial charge < -0.3 is 174 Å². The predicted octanol–water partition coefficient (Wildman–Crippen LogP) is -9.65. The van der Waals surface area contributed by atoms with Crippen LogP contribution in [0.4, 0.5) is 0 Å². The van der Waals surface area contributed by atoms with E-state index in [9.17, 15) is 112 Å². The Balaban J connectivity index is 0.000000454. The number of carbonyl (C=O) groups is 1. The molecule has 24 rings (SSSR count). The van der Waals surface area contributed by atoms with Gasteiger partial charge in [-0.3, -0.25) is 4.79 Å². The van der Waals surface area contributed by atoms with E-state index in [1.54, 1.807) is 0 Å². The van der Waals surface area contributed by atoms with Gasteiger partial charge in [-0.15, -0.1) is 0 Å². The largest absolute Gasteiger partial charge is 2.00 e. The number of halogens is 3. The molecule has 0 aromatic heterocycles. The first-order valence-corrected chi connectivity index (χ1v) is 34.3. The smallest absolute Gasteiger partial charge is 0.394 e. The normalized spacial score (nSPS) is 46.9. The molecule has 572 valence electrons. The Morgan fingerprint density at radius 1 is 0.307 bits per heavy atom. The fourth-order valence-electron chi connectivity index (χ4n) is 12.4. The summed E-state index contributed by atoms with van der Waals surface area (Å²) in [5.74, 6) is 1.17. The number of aliphatic hydroxyl groups is 21. The molecule has 21 heterocycles. The van der Waals surface area contributed by atoms with Crippen LogP contribution in [-0.2, 0) is 83.4 Å². The maximum Gasteiger partial charge on any atom is 2.00 e. The van der Waals surface area contributed by atoms with Crippen LogP contribution in [0.5, 0.6) is 0 Å². The van der Waals surface area contributed by atoms with Crippen molar-refractivity contribution in [1.82, 2.24) is 0 Å². The fourth-order valence-corrected chi connectivity index (χ4v) is 13.8. The van der Waals surface area contributed by atoms with Crippen molar-refractivity contribution < 1.29 is 195 Å². The van der Waals surface area contributed by atoms with E-state index >= 15 is 0 Å². The van der Waals surface area contributed by atoms with Gasteiger partial charge in [0.1, 0.15) is 171 Å². The van der Waals surface area contributed by atoms with Gasteiger partial charge >= 0.3 is 17.1 Å². The number of Topliss-reactive ketones (excluding diaryl/α,β-unsaturated/α-hetero) is 1. The molecule has 40 heteroatoms. The first-order chi connectivity index (χ1) is 47.7. The van der Waals surface area contributed by atoms with Crippen molar-refractivity contribution in [3.63, 3.8) is 0 Å². The summed E-state index contributed by atoms with van der Waals surface area (Å²) in [6.07, 6.45) is -52.3. The van der Waals surface area contributed by atoms with Gasteiger partial charge in [-0.2, -0.15) is 0 Å². The number of ketones is 1. The maximum atomic E-state index is 12.3. The van der Waals surface area contributed by atoms with E-state index in [2.05, 4.69) is 47.8 Å². The van der Waals surface area contributed by atoms with Crippen LogP contribution < -0.4 is 0 Å². The number of carbonyl (C=O) groups excluding carboxylic acids is 1. The van der Waals surface area contributed by atoms with Crippen molar-refractivity contribution in [2.75, 3.05) is 46.2 Å². The molecule has 37 atom stereocenters. The van der Waals surface area contributed by atoms with Crippen molar-refractivity contribution in [3.8, 4) is 0 Å². The molecule has 36 nitrogen and oxygen atoms in total. The second kappa shape index (κ2) is 39.4. The fraction of sp³-hybridized carbons (Fsp3) is 0.721. The number of aliphatic hydroxyl groups excluding tert-OH is 21. The molecule has 21 saturated heterocycles. The van der Waals surface area contributed by atoms with Gasteiger partial charge in [0.2, 0.25) is 0 Å². The summed E-state index contributed by atoms with van der Waals surface area (Å²) in [6.45, 7) is -7.33. The number of hydrogen-bond donors (Lipinski definition) is 21. The third kappa shape index (κ3) is 19.6. The summed E-state index contributed by atoms with van der Waals surface area (Å²) in [4.78, 5) is 12.0. The van der Waals surface area contributed by atoms with E-state index in [0.717, 1.165) is 10.4 Å². The van der Waals surface area contributed by atoms with Crippen LogP contribution in [0.2, 0.25) is 0 Å². The van der Waals surface area contributed by atoms with Crippen LogP contribution in [-0.4, -0.2) is 384 Å². The predicted molar refractivity (Wildman–Crippen MR) is 334 cm³/mol. The first-order valence-electron chi connectivity index (χ1n) is 31.7. The second-order valence-corrected chi connectivity index (χ2v) is 27.4. The maximum absolute atomic E-state index is 12.3. The summed E-state index contributed by atoms with van der Waals surface area (Å²) in [7, 11) is 0. The van der Waals surface area contributed by atoms with E-state index in [4.69, 9.17) is 66.3 Å². The number of ether oxygens (including phenoxy) is 14. The number of alkyl halides is 2. The molecule has 21 N–H and O–H groups in total. The Morgan fingerprint density at radius 2 is 0.495 bits per heavy atom. The molecule has 1 aromatic rings. The summed E-state index contributed by atoms with van der Waals surface area (Å²) >= 11 is 10.4. The molecule has 2 unspecified atom stereocenters. The Bertz CT molecular complexity index is 2250. The molecular weight excluding hydrogens is 1600 g/mol. The quantitative estimate of drug-likeness (QED) is 0.0556. The van der Waals surface area contributed by atoms with E-state index in [1.807, 2.05) is 82.1 Å². The summed E-state index contributed by atoms with van der Waals surface area (Å²) in [5, 5.41) is 230. The molecule has 2 saturated carbocycles. The standard InChI is InChI=1S/C42H70O35.C14H10Br3O.C5H5.Fe/c43-1-8-29-15(50)22(57)36(64-8)72-30-9(2-44)66-38(24(59)17(30)52)74-32-11(4-46)68-40(26(61)19(32)54)76-34-13(6-48)70-42(28(63)21(34)56)77-35-14(7-49)69-41(27(62)20(35)55)75-33-12(5-47)67-39(25(60)18(33)53)73-31-10(3-45)65-37(71-29)23(58)16(31)51;15-11-7-5-10(6-8-11)14(18)13(17)12(16)9-3-1-2-4-9;1-2-4-5-3-1;/h8-63H,1-7H2;1-8,12-13H;1-5H;/q;;;+2/t8-,9-,10-,11-,12-,13-,14-,15-,16-,17-,18-,19-,20+,21+,22-,23-,24-,25-,26-,27+,28+,29-,30-,31-,32-,33-,34-,35-,36-,37-,38-,39-,40-,41-,42-;;;/m1.../s1. The molecule has 23 fully saturated rings. The summed E-state index contributed by atoms with van der Waals surface area (Å²) in [5.41, 5.74) is 0.705. The molecule has 21 aliphatic heterocycles. The molecule has 0 spiro atoms. The van der Waals surface area contributed by atoms with Crippen LogP contribution in [0.15, 0.2) is 28.7 Å². The monoisotopic (exact) mass is 1690 g/mol. The second-order valence-electron chi connectivity index (χ2n) is 24.5. The van der Waals surface area contributed by atoms with Gasteiger partial charge in [-0.25, -0.2) is 0 Å². The minimum atomic E-state index is -2.21. The molecule has 2 aliphatic carbocycles. The Hall–Kier alpha value is -0.551. The molecule has 101 heavy (non-hydrogen) atoms. The molecule has 14 bridgehead atoms. The third-order valence-corrected chi connectivity index (χ3v) is 21.2. The minimum Gasteiger partial charge on any atom is -0.394 e. The van der Waals surface area contributed by atoms with Crippen molar-refractivity contribution in [3.05, 3.63) is 98.0 Å². The average Bonchev–Trinajstić information content (AvgIpc) is 1.08. The van der Waals surface area contributed by atoms with Crippen molar-refractivity contribution in [1.29, 1.82) is 0 Å². The van der Waals surface area contributed by atoms with Crippen LogP contribution in [0.25, 0.3) is 0 Å². The van der Waals surface area contributed by atoms with Gasteiger partial charge in [0.25, 0.3) is 0 Å². The number of rotatable bonds is 11. The van der Waals surface area contributed by atoms with Crippen molar-refractivity contribution >= 4 is 53.6 Å². The van der Waals surface area contributed by atoms with Crippen LogP contribution in [0.1, 0.15) is 10.4 Å². The molecule has 10 radical (unpaired) electrons. The Morgan fingerprint density at radius 3 is 0.673 bits per heavy atom. The van der Waals surface area contributed by atoms with Crippen LogP contribution in [0.3, 0.4) is 0 Å². The Kier molecular flexibility index (Phi) is 33.6. The molecule has 0 amide bonds. The van der Waals surface area contributed by atoms with E-state index < -0.39 is 261 Å². The van der Waals surface area contributed by atoms with Gasteiger partial charge in [-0.05, 0) is 75.8 Å². The number of hydrogen-bond acceptors (Lipinski definition) is 36. The first kappa shape index (κ1) is 86.0. The topological polar surface area (TPSA) is 571 Å². The van der Waals surface area contributed by atoms with E-state index in [0.29, 0.717) is 5.56 Å². The minimum absolute atomic E-state index is 0. The molecule has 23 aliphatic rings. The zero-order valence-electron chi connectivity index (χ0n) is 52.8. The summed E-state index contributed by atoms with van der Waals surface area (Å²) in [6, 6.07) is 7.40. The van der Waals surface area contributed by atoms with Gasteiger partial charge in [-0.1, -0.05) is 59.9 Å². The zero-order chi connectivity index (χ0) is 72.7. The van der Waals surface area contributed by atoms with E-state index in [1.165, 1.54) is 0 Å². The molecular formula is C61H85Br3FeO36+2. The summed E-state index contributed by atoms with van der Waals surface area (Å²) < 4.78 is 80.4.